The highest BCUT2D eigenvalue weighted by Crippen LogP contribution is 2.31. The van der Waals surface area contributed by atoms with Crippen LogP contribution in [0.4, 0.5) is 0 Å². The molecular formula is C13H16Cl2N2O. The molecule has 5 heteroatoms. The first-order valence-corrected chi connectivity index (χ1v) is 6.73. The lowest BCUT2D eigenvalue weighted by molar-refractivity contribution is -0.129. The van der Waals surface area contributed by atoms with E-state index in [1.165, 1.54) is 0 Å². The van der Waals surface area contributed by atoms with Crippen LogP contribution >= 0.6 is 23.2 Å². The van der Waals surface area contributed by atoms with Gasteiger partial charge in [0.2, 0.25) is 5.91 Å². The first kappa shape index (κ1) is 13.7. The third-order valence-electron chi connectivity index (χ3n) is 3.47. The molecule has 3 nitrogen and oxygen atoms in total. The van der Waals surface area contributed by atoms with Crippen molar-refractivity contribution in [2.75, 3.05) is 13.1 Å². The number of hydrogen-bond donors (Lipinski definition) is 1. The van der Waals surface area contributed by atoms with E-state index < -0.39 is 0 Å². The van der Waals surface area contributed by atoms with Crippen molar-refractivity contribution in [3.8, 4) is 0 Å². The van der Waals surface area contributed by atoms with Crippen LogP contribution in [0, 0.1) is 5.92 Å². The van der Waals surface area contributed by atoms with Gasteiger partial charge in [-0.3, -0.25) is 4.79 Å². The summed E-state index contributed by atoms with van der Waals surface area (Å²) in [5.41, 5.74) is 6.62. The molecule has 1 saturated heterocycles. The number of carbonyl (C=O) groups excluding carboxylic acids is 1. The number of benzene rings is 1. The molecule has 2 unspecified atom stereocenters. The van der Waals surface area contributed by atoms with Gasteiger partial charge in [-0.2, -0.15) is 0 Å². The Morgan fingerprint density at radius 2 is 2.17 bits per heavy atom. The van der Waals surface area contributed by atoms with Crippen molar-refractivity contribution in [3.05, 3.63) is 33.8 Å². The molecule has 1 aliphatic rings. The average Bonchev–Trinajstić information content (AvgIpc) is 2.73. The van der Waals surface area contributed by atoms with Gasteiger partial charge in [-0.1, -0.05) is 29.3 Å². The molecule has 2 rings (SSSR count). The monoisotopic (exact) mass is 286 g/mol. The molecule has 1 aromatic rings. The highest BCUT2D eigenvalue weighted by molar-refractivity contribution is 6.42. The molecule has 0 radical (unpaired) electrons. The predicted octanol–water partition coefficient (Wildman–Crippen LogP) is 2.86. The van der Waals surface area contributed by atoms with Gasteiger partial charge in [0, 0.05) is 13.0 Å². The van der Waals surface area contributed by atoms with Gasteiger partial charge in [0.05, 0.1) is 16.1 Å². The number of rotatable bonds is 3. The minimum atomic E-state index is 0.00353. The lowest BCUT2D eigenvalue weighted by Gasteiger charge is -2.25. The number of amides is 1. The van der Waals surface area contributed by atoms with Crippen LogP contribution in [0.3, 0.4) is 0 Å². The second-order valence-electron chi connectivity index (χ2n) is 4.70. The fourth-order valence-corrected chi connectivity index (χ4v) is 2.60. The molecule has 2 atom stereocenters. The van der Waals surface area contributed by atoms with Crippen molar-refractivity contribution in [2.45, 2.75) is 19.4 Å². The summed E-state index contributed by atoms with van der Waals surface area (Å²) in [6, 6.07) is 5.49. The maximum atomic E-state index is 11.9. The van der Waals surface area contributed by atoms with Crippen LogP contribution in [0.15, 0.2) is 18.2 Å². The van der Waals surface area contributed by atoms with E-state index in [0.29, 0.717) is 23.0 Å². The first-order valence-electron chi connectivity index (χ1n) is 5.97. The number of nitrogens with zero attached hydrogens (tertiary/aromatic N) is 1. The fraction of sp³-hybridized carbons (Fsp3) is 0.462. The molecule has 0 saturated carbocycles. The molecule has 2 N–H and O–H groups in total. The maximum absolute atomic E-state index is 11.9. The number of likely N-dealkylation sites (tertiary alicyclic amines) is 1. The van der Waals surface area contributed by atoms with E-state index in [9.17, 15) is 4.79 Å². The van der Waals surface area contributed by atoms with Crippen LogP contribution in [-0.2, 0) is 4.79 Å². The molecule has 1 aliphatic heterocycles. The van der Waals surface area contributed by atoms with Crippen LogP contribution in [0.2, 0.25) is 10.0 Å². The summed E-state index contributed by atoms with van der Waals surface area (Å²) >= 11 is 11.9. The third kappa shape index (κ3) is 2.63. The Morgan fingerprint density at radius 1 is 1.44 bits per heavy atom. The van der Waals surface area contributed by atoms with Gasteiger partial charge in [-0.15, -0.1) is 0 Å². The van der Waals surface area contributed by atoms with Gasteiger partial charge in [-0.25, -0.2) is 0 Å². The van der Waals surface area contributed by atoms with E-state index in [1.807, 2.05) is 24.0 Å². The third-order valence-corrected chi connectivity index (χ3v) is 4.20. The zero-order valence-corrected chi connectivity index (χ0v) is 11.7. The van der Waals surface area contributed by atoms with E-state index >= 15 is 0 Å². The highest BCUT2D eigenvalue weighted by atomic mass is 35.5. The Bertz CT molecular complexity index is 464. The van der Waals surface area contributed by atoms with Crippen LogP contribution in [0.5, 0.6) is 0 Å². The van der Waals surface area contributed by atoms with Crippen molar-refractivity contribution in [1.82, 2.24) is 4.90 Å². The van der Waals surface area contributed by atoms with E-state index in [1.54, 1.807) is 6.07 Å². The standard InChI is InChI=1S/C13H16Cl2N2O/c1-8(10-2-3-11(14)12(15)5-10)17-7-9(6-16)4-13(17)18/h2-3,5,8-9H,4,6-7,16H2,1H3. The molecule has 0 bridgehead atoms. The van der Waals surface area contributed by atoms with Crippen molar-refractivity contribution < 1.29 is 4.79 Å². The molecule has 0 aliphatic carbocycles. The minimum Gasteiger partial charge on any atom is -0.336 e. The molecule has 1 aromatic carbocycles. The zero-order valence-electron chi connectivity index (χ0n) is 10.2. The summed E-state index contributed by atoms with van der Waals surface area (Å²) in [5, 5.41) is 1.04. The summed E-state index contributed by atoms with van der Waals surface area (Å²) < 4.78 is 0. The quantitative estimate of drug-likeness (QED) is 0.929. The lowest BCUT2D eigenvalue weighted by atomic mass is 10.1. The van der Waals surface area contributed by atoms with Gasteiger partial charge in [0.1, 0.15) is 0 Å². The van der Waals surface area contributed by atoms with E-state index in [2.05, 4.69) is 0 Å². The van der Waals surface area contributed by atoms with Crippen molar-refractivity contribution in [2.24, 2.45) is 11.7 Å². The lowest BCUT2D eigenvalue weighted by Crippen LogP contribution is -2.29. The normalized spacial score (nSPS) is 21.4. The second kappa shape index (κ2) is 5.47. The summed E-state index contributed by atoms with van der Waals surface area (Å²) in [6.45, 7) is 3.27. The Hall–Kier alpha value is -0.770. The van der Waals surface area contributed by atoms with Crippen molar-refractivity contribution in [3.63, 3.8) is 0 Å². The summed E-state index contributed by atoms with van der Waals surface area (Å²) in [5.74, 6) is 0.423. The smallest absolute Gasteiger partial charge is 0.223 e. The van der Waals surface area contributed by atoms with E-state index in [4.69, 9.17) is 28.9 Å². The van der Waals surface area contributed by atoms with Crippen LogP contribution in [0.25, 0.3) is 0 Å². The summed E-state index contributed by atoms with van der Waals surface area (Å²) in [6.07, 6.45) is 0.544. The van der Waals surface area contributed by atoms with Gasteiger partial charge < -0.3 is 10.6 Å². The summed E-state index contributed by atoms with van der Waals surface area (Å²) in [4.78, 5) is 13.8. The average molecular weight is 287 g/mol. The highest BCUT2D eigenvalue weighted by Gasteiger charge is 2.32. The van der Waals surface area contributed by atoms with Crippen LogP contribution in [0.1, 0.15) is 24.9 Å². The van der Waals surface area contributed by atoms with Gasteiger partial charge in [0.15, 0.2) is 0 Å². The van der Waals surface area contributed by atoms with E-state index in [-0.39, 0.29) is 17.9 Å². The number of nitrogens with two attached hydrogens (primary N) is 1. The fourth-order valence-electron chi connectivity index (χ4n) is 2.29. The summed E-state index contributed by atoms with van der Waals surface area (Å²) in [7, 11) is 0. The predicted molar refractivity (Wildman–Crippen MR) is 73.8 cm³/mol. The zero-order chi connectivity index (χ0) is 13.3. The molecule has 1 amide bonds. The van der Waals surface area contributed by atoms with Crippen molar-refractivity contribution in [1.29, 1.82) is 0 Å². The Kier molecular flexibility index (Phi) is 4.15. The molecular weight excluding hydrogens is 271 g/mol. The molecule has 98 valence electrons. The van der Waals surface area contributed by atoms with Gasteiger partial charge in [0.25, 0.3) is 0 Å². The Balaban J connectivity index is 2.18. The number of hydrogen-bond acceptors (Lipinski definition) is 2. The molecule has 1 fully saturated rings. The Labute approximate surface area is 117 Å². The van der Waals surface area contributed by atoms with Gasteiger partial charge in [-0.05, 0) is 37.1 Å². The Morgan fingerprint density at radius 3 is 2.72 bits per heavy atom. The number of carbonyl (C=O) groups is 1. The van der Waals surface area contributed by atoms with Crippen LogP contribution < -0.4 is 5.73 Å². The largest absolute Gasteiger partial charge is 0.336 e. The molecule has 1 heterocycles. The molecule has 0 spiro atoms. The van der Waals surface area contributed by atoms with Crippen LogP contribution in [-0.4, -0.2) is 23.9 Å². The van der Waals surface area contributed by atoms with E-state index in [0.717, 1.165) is 12.1 Å². The SMILES string of the molecule is CC(c1ccc(Cl)c(Cl)c1)N1CC(CN)CC1=O. The number of halogens is 2. The first-order chi connectivity index (χ1) is 8.52. The maximum Gasteiger partial charge on any atom is 0.223 e. The topological polar surface area (TPSA) is 46.3 Å². The second-order valence-corrected chi connectivity index (χ2v) is 5.52. The minimum absolute atomic E-state index is 0.00353. The van der Waals surface area contributed by atoms with Gasteiger partial charge >= 0.3 is 0 Å². The molecule has 18 heavy (non-hydrogen) atoms. The molecule has 0 aromatic heterocycles. The van der Waals surface area contributed by atoms with Crippen molar-refractivity contribution >= 4 is 29.1 Å².